The molecule has 0 saturated carbocycles. The Morgan fingerprint density at radius 1 is 1.23 bits per heavy atom. The molecule has 0 N–H and O–H groups in total. The molecule has 0 amide bonds. The first-order valence-corrected chi connectivity index (χ1v) is 5.04. The van der Waals surface area contributed by atoms with Gasteiger partial charge in [0.05, 0.1) is 0 Å². The van der Waals surface area contributed by atoms with Crippen molar-refractivity contribution in [2.75, 3.05) is 13.6 Å². The Hall–Kier alpha value is -0.820. The monoisotopic (exact) mass is 175 g/mol. The van der Waals surface area contributed by atoms with Gasteiger partial charge in [-0.1, -0.05) is 30.3 Å². The predicted molar refractivity (Wildman–Crippen MR) is 55.9 cm³/mol. The average Bonchev–Trinajstić information content (AvgIpc) is 2.49. The van der Waals surface area contributed by atoms with E-state index in [1.165, 1.54) is 18.5 Å². The first-order chi connectivity index (χ1) is 6.29. The van der Waals surface area contributed by atoms with Crippen LogP contribution >= 0.6 is 0 Å². The fourth-order valence-electron chi connectivity index (χ4n) is 2.24. The van der Waals surface area contributed by atoms with Gasteiger partial charge in [-0.05, 0) is 32.5 Å². The van der Waals surface area contributed by atoms with Crippen molar-refractivity contribution in [1.29, 1.82) is 0 Å². The van der Waals surface area contributed by atoms with E-state index in [-0.39, 0.29) is 0 Å². The van der Waals surface area contributed by atoms with Crippen molar-refractivity contribution in [2.45, 2.75) is 25.3 Å². The number of likely N-dealkylation sites (tertiary alicyclic amines) is 1. The maximum atomic E-state index is 2.44. The molecule has 13 heavy (non-hydrogen) atoms. The highest BCUT2D eigenvalue weighted by Crippen LogP contribution is 2.31. The van der Waals surface area contributed by atoms with Crippen molar-refractivity contribution in [2.24, 2.45) is 0 Å². The highest BCUT2D eigenvalue weighted by molar-refractivity contribution is 5.22. The van der Waals surface area contributed by atoms with Crippen LogP contribution in [0.5, 0.6) is 0 Å². The number of rotatable bonds is 1. The molecule has 1 saturated heterocycles. The summed E-state index contributed by atoms with van der Waals surface area (Å²) in [6.45, 7) is 3.56. The molecule has 0 bridgehead atoms. The van der Waals surface area contributed by atoms with Crippen LogP contribution in [0.4, 0.5) is 0 Å². The molecule has 2 atom stereocenters. The number of benzene rings is 1. The molecule has 1 heterocycles. The van der Waals surface area contributed by atoms with Crippen LogP contribution in [0.15, 0.2) is 30.3 Å². The van der Waals surface area contributed by atoms with Crippen LogP contribution in [0.3, 0.4) is 0 Å². The van der Waals surface area contributed by atoms with Gasteiger partial charge in [0.2, 0.25) is 0 Å². The van der Waals surface area contributed by atoms with E-state index in [2.05, 4.69) is 49.2 Å². The highest BCUT2D eigenvalue weighted by Gasteiger charge is 2.28. The normalized spacial score (nSPS) is 29.4. The Labute approximate surface area is 80.4 Å². The summed E-state index contributed by atoms with van der Waals surface area (Å²) in [5.41, 5.74) is 1.50. The average molecular weight is 175 g/mol. The summed E-state index contributed by atoms with van der Waals surface area (Å²) in [6.07, 6.45) is 1.31. The lowest BCUT2D eigenvalue weighted by Gasteiger charge is -2.20. The first kappa shape index (κ1) is 8.76. The van der Waals surface area contributed by atoms with Gasteiger partial charge in [-0.15, -0.1) is 0 Å². The molecule has 0 aliphatic carbocycles. The lowest BCUT2D eigenvalue weighted by atomic mass is 9.93. The topological polar surface area (TPSA) is 3.24 Å². The second-order valence-electron chi connectivity index (χ2n) is 4.03. The van der Waals surface area contributed by atoms with Gasteiger partial charge in [0.1, 0.15) is 0 Å². The number of hydrogen-bond acceptors (Lipinski definition) is 1. The van der Waals surface area contributed by atoms with Gasteiger partial charge in [-0.25, -0.2) is 0 Å². The fourth-order valence-corrected chi connectivity index (χ4v) is 2.24. The van der Waals surface area contributed by atoms with Gasteiger partial charge in [-0.3, -0.25) is 0 Å². The van der Waals surface area contributed by atoms with E-state index in [1.807, 2.05) is 0 Å². The zero-order valence-electron chi connectivity index (χ0n) is 8.40. The maximum absolute atomic E-state index is 2.44. The largest absolute Gasteiger partial charge is 0.303 e. The number of hydrogen-bond donors (Lipinski definition) is 0. The third-order valence-electron chi connectivity index (χ3n) is 3.30. The lowest BCUT2D eigenvalue weighted by Crippen LogP contribution is -2.24. The van der Waals surface area contributed by atoms with Gasteiger partial charge >= 0.3 is 0 Å². The zero-order chi connectivity index (χ0) is 9.26. The summed E-state index contributed by atoms with van der Waals surface area (Å²) in [6, 6.07) is 11.6. The fraction of sp³-hybridized carbons (Fsp3) is 0.500. The molecule has 0 aromatic heterocycles. The minimum absolute atomic E-state index is 0.697. The molecule has 2 rings (SSSR count). The summed E-state index contributed by atoms with van der Waals surface area (Å²) < 4.78 is 0. The predicted octanol–water partition coefficient (Wildman–Crippen LogP) is 2.49. The first-order valence-electron chi connectivity index (χ1n) is 5.04. The third-order valence-corrected chi connectivity index (χ3v) is 3.30. The van der Waals surface area contributed by atoms with Crippen molar-refractivity contribution in [3.05, 3.63) is 35.9 Å². The van der Waals surface area contributed by atoms with Crippen LogP contribution in [0.1, 0.15) is 24.8 Å². The van der Waals surface area contributed by atoms with Gasteiger partial charge < -0.3 is 4.90 Å². The van der Waals surface area contributed by atoms with E-state index < -0.39 is 0 Å². The van der Waals surface area contributed by atoms with Crippen molar-refractivity contribution >= 4 is 0 Å². The molecular formula is C12H17N. The molecule has 2 unspecified atom stereocenters. The van der Waals surface area contributed by atoms with Crippen LogP contribution in [0, 0.1) is 0 Å². The quantitative estimate of drug-likeness (QED) is 0.634. The van der Waals surface area contributed by atoms with Crippen molar-refractivity contribution < 1.29 is 0 Å². The van der Waals surface area contributed by atoms with E-state index in [0.717, 1.165) is 5.92 Å². The van der Waals surface area contributed by atoms with Gasteiger partial charge in [-0.2, -0.15) is 0 Å². The Morgan fingerprint density at radius 3 is 2.46 bits per heavy atom. The molecule has 0 spiro atoms. The van der Waals surface area contributed by atoms with Crippen LogP contribution in [0.25, 0.3) is 0 Å². The van der Waals surface area contributed by atoms with E-state index in [9.17, 15) is 0 Å². The van der Waals surface area contributed by atoms with Crippen LogP contribution in [-0.4, -0.2) is 24.5 Å². The third kappa shape index (κ3) is 1.61. The molecule has 1 aliphatic rings. The highest BCUT2D eigenvalue weighted by atomic mass is 15.1. The standard InChI is InChI=1S/C12H17N/c1-10-12(8-9-13(10)2)11-6-4-3-5-7-11/h3-7,10,12H,8-9H2,1-2H3. The Balaban J connectivity index is 2.19. The Morgan fingerprint density at radius 2 is 1.92 bits per heavy atom. The summed E-state index contributed by atoms with van der Waals surface area (Å²) in [4.78, 5) is 2.44. The zero-order valence-corrected chi connectivity index (χ0v) is 8.40. The van der Waals surface area contributed by atoms with Crippen LogP contribution in [0.2, 0.25) is 0 Å². The molecule has 70 valence electrons. The molecule has 1 nitrogen and oxygen atoms in total. The number of likely N-dealkylation sites (N-methyl/N-ethyl adjacent to an activating group) is 1. The molecule has 0 radical (unpaired) electrons. The molecule has 1 aliphatic heterocycles. The van der Waals surface area contributed by atoms with Gasteiger partial charge in [0.15, 0.2) is 0 Å². The minimum Gasteiger partial charge on any atom is -0.303 e. The van der Waals surface area contributed by atoms with E-state index >= 15 is 0 Å². The van der Waals surface area contributed by atoms with Crippen LogP contribution in [-0.2, 0) is 0 Å². The van der Waals surface area contributed by atoms with E-state index in [0.29, 0.717) is 6.04 Å². The summed E-state index contributed by atoms with van der Waals surface area (Å²) in [5, 5.41) is 0. The van der Waals surface area contributed by atoms with E-state index in [4.69, 9.17) is 0 Å². The molecule has 1 aromatic carbocycles. The van der Waals surface area contributed by atoms with Crippen molar-refractivity contribution in [1.82, 2.24) is 4.90 Å². The van der Waals surface area contributed by atoms with Crippen molar-refractivity contribution in [3.63, 3.8) is 0 Å². The van der Waals surface area contributed by atoms with Gasteiger partial charge in [0, 0.05) is 12.0 Å². The Bertz CT molecular complexity index is 268. The molecule has 1 fully saturated rings. The lowest BCUT2D eigenvalue weighted by molar-refractivity contribution is 0.318. The summed E-state index contributed by atoms with van der Waals surface area (Å²) in [5.74, 6) is 0.742. The summed E-state index contributed by atoms with van der Waals surface area (Å²) in [7, 11) is 2.22. The van der Waals surface area contributed by atoms with Gasteiger partial charge in [0.25, 0.3) is 0 Å². The van der Waals surface area contributed by atoms with Crippen LogP contribution < -0.4 is 0 Å². The molecular weight excluding hydrogens is 158 g/mol. The second kappa shape index (κ2) is 3.51. The minimum atomic E-state index is 0.697. The smallest absolute Gasteiger partial charge is 0.0133 e. The van der Waals surface area contributed by atoms with E-state index in [1.54, 1.807) is 0 Å². The molecule has 1 aromatic rings. The second-order valence-corrected chi connectivity index (χ2v) is 4.03. The SMILES string of the molecule is CC1C(c2ccccc2)CCN1C. The maximum Gasteiger partial charge on any atom is 0.0133 e. The van der Waals surface area contributed by atoms with Crippen molar-refractivity contribution in [3.8, 4) is 0 Å². The Kier molecular flexibility index (Phi) is 2.36. The number of nitrogens with zero attached hydrogens (tertiary/aromatic N) is 1. The molecule has 1 heteroatoms. The summed E-state index contributed by atoms with van der Waals surface area (Å²) >= 11 is 0.